The van der Waals surface area contributed by atoms with Gasteiger partial charge in [0.05, 0.1) is 12.3 Å². The molecule has 0 aliphatic carbocycles. The smallest absolute Gasteiger partial charge is 0.241 e. The van der Waals surface area contributed by atoms with E-state index in [1.165, 1.54) is 5.56 Å². The summed E-state index contributed by atoms with van der Waals surface area (Å²) in [5.74, 6) is 0. The standard InChI is InChI=1S/C15H23O2Si/c1-5-10-18(13(3)16-4)17-12-15-9-7-8-14(6-2)11-15/h6-9,11,13H,2,5,10,12H2,1,3-4H3. The molecule has 2 nitrogen and oxygen atoms in total. The van der Waals surface area contributed by atoms with Crippen molar-refractivity contribution in [2.75, 3.05) is 7.11 Å². The predicted octanol–water partition coefficient (Wildman–Crippen LogP) is 3.82. The van der Waals surface area contributed by atoms with Gasteiger partial charge in [-0.2, -0.15) is 0 Å². The van der Waals surface area contributed by atoms with E-state index < -0.39 is 9.04 Å². The van der Waals surface area contributed by atoms with Gasteiger partial charge >= 0.3 is 0 Å². The largest absolute Gasteiger partial charge is 0.410 e. The molecule has 0 aromatic heterocycles. The number of methoxy groups -OCH3 is 1. The Morgan fingerprint density at radius 2 is 2.22 bits per heavy atom. The van der Waals surface area contributed by atoms with Crippen LogP contribution in [0.25, 0.3) is 6.08 Å². The average Bonchev–Trinajstić information content (AvgIpc) is 2.42. The first-order valence-electron chi connectivity index (χ1n) is 6.44. The highest BCUT2D eigenvalue weighted by Gasteiger charge is 2.20. The predicted molar refractivity (Wildman–Crippen MR) is 78.6 cm³/mol. The van der Waals surface area contributed by atoms with Gasteiger partial charge in [0.25, 0.3) is 0 Å². The van der Waals surface area contributed by atoms with Crippen LogP contribution in [0.1, 0.15) is 31.4 Å². The molecule has 0 aliphatic rings. The van der Waals surface area contributed by atoms with Crippen molar-refractivity contribution in [3.63, 3.8) is 0 Å². The van der Waals surface area contributed by atoms with Crippen molar-refractivity contribution in [1.82, 2.24) is 0 Å². The molecular weight excluding hydrogens is 240 g/mol. The minimum absolute atomic E-state index is 0.234. The molecule has 1 radical (unpaired) electrons. The van der Waals surface area contributed by atoms with Crippen molar-refractivity contribution in [2.24, 2.45) is 0 Å². The van der Waals surface area contributed by atoms with Crippen LogP contribution in [0, 0.1) is 0 Å². The highest BCUT2D eigenvalue weighted by atomic mass is 28.3. The summed E-state index contributed by atoms with van der Waals surface area (Å²) in [5.41, 5.74) is 2.58. The van der Waals surface area contributed by atoms with E-state index in [1.807, 2.05) is 18.2 Å². The quantitative estimate of drug-likeness (QED) is 0.664. The third-order valence-electron chi connectivity index (χ3n) is 2.91. The van der Waals surface area contributed by atoms with Gasteiger partial charge in [-0.15, -0.1) is 0 Å². The second-order valence-corrected chi connectivity index (χ2v) is 6.87. The van der Waals surface area contributed by atoms with E-state index in [4.69, 9.17) is 9.16 Å². The SMILES string of the molecule is C=Cc1cccc(CO[Si](CCC)C(C)OC)c1. The fourth-order valence-electron chi connectivity index (χ4n) is 1.76. The molecule has 1 aromatic carbocycles. The van der Waals surface area contributed by atoms with E-state index in [0.717, 1.165) is 18.0 Å². The van der Waals surface area contributed by atoms with Crippen molar-refractivity contribution < 1.29 is 9.16 Å². The second kappa shape index (κ2) is 8.24. The van der Waals surface area contributed by atoms with Gasteiger partial charge in [-0.05, 0) is 30.2 Å². The van der Waals surface area contributed by atoms with Crippen LogP contribution < -0.4 is 0 Å². The first kappa shape index (κ1) is 15.2. The fourth-order valence-corrected chi connectivity index (χ4v) is 3.65. The lowest BCUT2D eigenvalue weighted by atomic mass is 10.1. The third kappa shape index (κ3) is 4.76. The maximum Gasteiger partial charge on any atom is 0.241 e. The van der Waals surface area contributed by atoms with Gasteiger partial charge in [0.15, 0.2) is 0 Å². The fraction of sp³-hybridized carbons (Fsp3) is 0.467. The lowest BCUT2D eigenvalue weighted by molar-refractivity contribution is 0.148. The number of benzene rings is 1. The Morgan fingerprint density at radius 3 is 2.83 bits per heavy atom. The third-order valence-corrected chi connectivity index (χ3v) is 5.56. The van der Waals surface area contributed by atoms with E-state index in [9.17, 15) is 0 Å². The number of hydrogen-bond acceptors (Lipinski definition) is 2. The van der Waals surface area contributed by atoms with E-state index in [0.29, 0.717) is 6.61 Å². The molecule has 0 heterocycles. The topological polar surface area (TPSA) is 18.5 Å². The summed E-state index contributed by atoms with van der Waals surface area (Å²) in [5, 5.41) is 0. The second-order valence-electron chi connectivity index (χ2n) is 4.33. The molecule has 1 rings (SSSR count). The first-order valence-corrected chi connectivity index (χ1v) is 8.13. The Hall–Kier alpha value is -0.903. The van der Waals surface area contributed by atoms with Crippen molar-refractivity contribution in [2.45, 2.75) is 38.6 Å². The summed E-state index contributed by atoms with van der Waals surface area (Å²) in [6, 6.07) is 9.43. The van der Waals surface area contributed by atoms with Crippen LogP contribution in [0.3, 0.4) is 0 Å². The Labute approximate surface area is 112 Å². The van der Waals surface area contributed by atoms with Crippen LogP contribution in [0.5, 0.6) is 0 Å². The molecule has 99 valence electrons. The molecule has 0 saturated heterocycles. The monoisotopic (exact) mass is 263 g/mol. The lowest BCUT2D eigenvalue weighted by Crippen LogP contribution is -2.33. The number of hydrogen-bond donors (Lipinski definition) is 0. The van der Waals surface area contributed by atoms with E-state index in [-0.39, 0.29) is 5.73 Å². The zero-order chi connectivity index (χ0) is 13.4. The molecule has 0 aliphatic heterocycles. The molecule has 1 unspecified atom stereocenters. The Balaban J connectivity index is 2.57. The summed E-state index contributed by atoms with van der Waals surface area (Å²) >= 11 is 0. The Morgan fingerprint density at radius 1 is 1.44 bits per heavy atom. The highest BCUT2D eigenvalue weighted by molar-refractivity contribution is 6.53. The van der Waals surface area contributed by atoms with Gasteiger partial charge in [-0.3, -0.25) is 0 Å². The maximum absolute atomic E-state index is 6.06. The summed E-state index contributed by atoms with van der Waals surface area (Å²) in [6.45, 7) is 8.74. The van der Waals surface area contributed by atoms with Gasteiger partial charge in [0, 0.05) is 7.11 Å². The molecule has 0 amide bonds. The molecule has 1 aromatic rings. The van der Waals surface area contributed by atoms with Gasteiger partial charge < -0.3 is 9.16 Å². The Bertz CT molecular complexity index is 365. The summed E-state index contributed by atoms with van der Waals surface area (Å²) in [7, 11) is 0.868. The van der Waals surface area contributed by atoms with Gasteiger partial charge in [0.2, 0.25) is 9.04 Å². The molecule has 0 N–H and O–H groups in total. The van der Waals surface area contributed by atoms with Gasteiger partial charge in [-0.25, -0.2) is 0 Å². The van der Waals surface area contributed by atoms with Gasteiger partial charge in [0.1, 0.15) is 0 Å². The van der Waals surface area contributed by atoms with Crippen molar-refractivity contribution in [1.29, 1.82) is 0 Å². The molecule has 0 fully saturated rings. The molecule has 1 atom stereocenters. The lowest BCUT2D eigenvalue weighted by Gasteiger charge is -2.20. The van der Waals surface area contributed by atoms with Crippen molar-refractivity contribution in [3.05, 3.63) is 42.0 Å². The molecule has 0 spiro atoms. The molecule has 0 saturated carbocycles. The maximum atomic E-state index is 6.06. The van der Waals surface area contributed by atoms with Crippen LogP contribution >= 0.6 is 0 Å². The number of rotatable bonds is 8. The van der Waals surface area contributed by atoms with Crippen LogP contribution in [0.15, 0.2) is 30.8 Å². The van der Waals surface area contributed by atoms with Crippen molar-refractivity contribution >= 4 is 15.1 Å². The van der Waals surface area contributed by atoms with Crippen LogP contribution in [0.2, 0.25) is 6.04 Å². The molecule has 0 bridgehead atoms. The number of ether oxygens (including phenoxy) is 1. The summed E-state index contributed by atoms with van der Waals surface area (Å²) < 4.78 is 11.5. The zero-order valence-electron chi connectivity index (χ0n) is 11.6. The normalized spacial score (nSPS) is 12.7. The minimum atomic E-state index is -0.889. The van der Waals surface area contributed by atoms with E-state index in [2.05, 4.69) is 32.6 Å². The van der Waals surface area contributed by atoms with Crippen molar-refractivity contribution in [3.8, 4) is 0 Å². The average molecular weight is 263 g/mol. The zero-order valence-corrected chi connectivity index (χ0v) is 12.6. The highest BCUT2D eigenvalue weighted by Crippen LogP contribution is 2.12. The summed E-state index contributed by atoms with van der Waals surface area (Å²) in [6.07, 6.45) is 3.01. The molecular formula is C15H23O2Si. The molecule has 18 heavy (non-hydrogen) atoms. The molecule has 3 heteroatoms. The summed E-state index contributed by atoms with van der Waals surface area (Å²) in [4.78, 5) is 0. The van der Waals surface area contributed by atoms with E-state index >= 15 is 0 Å². The Kier molecular flexibility index (Phi) is 6.94. The first-order chi connectivity index (χ1) is 8.71. The van der Waals surface area contributed by atoms with Crippen LogP contribution in [0.4, 0.5) is 0 Å². The van der Waals surface area contributed by atoms with Crippen LogP contribution in [-0.2, 0) is 15.8 Å². The minimum Gasteiger partial charge on any atom is -0.410 e. The van der Waals surface area contributed by atoms with Crippen LogP contribution in [-0.4, -0.2) is 21.9 Å². The van der Waals surface area contributed by atoms with Gasteiger partial charge in [-0.1, -0.05) is 44.2 Å². The van der Waals surface area contributed by atoms with E-state index in [1.54, 1.807) is 7.11 Å².